The first kappa shape index (κ1) is 21.5. The van der Waals surface area contributed by atoms with Crippen LogP contribution in [0.2, 0.25) is 0 Å². The van der Waals surface area contributed by atoms with Crippen LogP contribution in [0.4, 0.5) is 0 Å². The quantitative estimate of drug-likeness (QED) is 0.487. The largest absolute Gasteiger partial charge is 0.496 e. The van der Waals surface area contributed by atoms with E-state index in [0.717, 1.165) is 0 Å². The van der Waals surface area contributed by atoms with Crippen LogP contribution in [0.3, 0.4) is 0 Å². The first-order valence-electron chi connectivity index (χ1n) is 8.74. The molecular formula is C21H23NO5S. The molecule has 0 spiro atoms. The topological polar surface area (TPSA) is 81.7 Å². The summed E-state index contributed by atoms with van der Waals surface area (Å²) in [4.78, 5) is 37.2. The zero-order valence-electron chi connectivity index (χ0n) is 15.8. The van der Waals surface area contributed by atoms with E-state index >= 15 is 0 Å². The molecule has 0 aromatic heterocycles. The van der Waals surface area contributed by atoms with Gasteiger partial charge in [-0.05, 0) is 42.7 Å². The fourth-order valence-corrected chi connectivity index (χ4v) is 2.98. The minimum absolute atomic E-state index is 0.340. The molecule has 0 aliphatic rings. The molecule has 2 aromatic carbocycles. The van der Waals surface area contributed by atoms with E-state index < -0.39 is 18.6 Å². The van der Waals surface area contributed by atoms with Gasteiger partial charge in [-0.15, -0.1) is 0 Å². The second-order valence-corrected chi connectivity index (χ2v) is 6.89. The molecule has 1 atom stereocenters. The van der Waals surface area contributed by atoms with Crippen LogP contribution >= 0.6 is 11.8 Å². The minimum Gasteiger partial charge on any atom is -0.496 e. The molecule has 28 heavy (non-hydrogen) atoms. The highest BCUT2D eigenvalue weighted by atomic mass is 32.2. The predicted molar refractivity (Wildman–Crippen MR) is 109 cm³/mol. The summed E-state index contributed by atoms with van der Waals surface area (Å²) in [5.41, 5.74) is 0.793. The second-order valence-electron chi connectivity index (χ2n) is 5.90. The number of benzene rings is 2. The fraction of sp³-hybridized carbons (Fsp3) is 0.286. The molecule has 2 rings (SSSR count). The number of para-hydroxylation sites is 1. The van der Waals surface area contributed by atoms with Crippen molar-refractivity contribution in [2.45, 2.75) is 12.5 Å². The van der Waals surface area contributed by atoms with Crippen LogP contribution in [-0.2, 0) is 9.53 Å². The van der Waals surface area contributed by atoms with Gasteiger partial charge >= 0.3 is 5.97 Å². The lowest BCUT2D eigenvalue weighted by molar-refractivity contribution is -0.144. The van der Waals surface area contributed by atoms with E-state index in [2.05, 4.69) is 5.32 Å². The third-order valence-corrected chi connectivity index (χ3v) is 4.63. The molecule has 148 valence electrons. The summed E-state index contributed by atoms with van der Waals surface area (Å²) >= 11 is 1.55. The lowest BCUT2D eigenvalue weighted by Crippen LogP contribution is -2.42. The fourth-order valence-electron chi connectivity index (χ4n) is 2.51. The summed E-state index contributed by atoms with van der Waals surface area (Å²) in [6.45, 7) is -0.420. The maximum atomic E-state index is 12.5. The van der Waals surface area contributed by atoms with E-state index in [9.17, 15) is 14.4 Å². The van der Waals surface area contributed by atoms with Crippen LogP contribution < -0.4 is 10.1 Å². The van der Waals surface area contributed by atoms with Crippen LogP contribution in [0.5, 0.6) is 5.75 Å². The summed E-state index contributed by atoms with van der Waals surface area (Å²) in [5, 5.41) is 2.69. The van der Waals surface area contributed by atoms with Crippen molar-refractivity contribution in [1.29, 1.82) is 0 Å². The SMILES string of the molecule is COc1ccccc1C(=O)COC(=O)[C@H](CCSC)NC(=O)c1ccccc1. The number of ketones is 1. The zero-order valence-corrected chi connectivity index (χ0v) is 16.7. The zero-order chi connectivity index (χ0) is 20.4. The Balaban J connectivity index is 2.00. The maximum Gasteiger partial charge on any atom is 0.329 e. The van der Waals surface area contributed by atoms with Crippen molar-refractivity contribution in [2.24, 2.45) is 0 Å². The highest BCUT2D eigenvalue weighted by Gasteiger charge is 2.24. The predicted octanol–water partition coefficient (Wildman–Crippen LogP) is 2.97. The number of carbonyl (C=O) groups excluding carboxylic acids is 3. The second kappa shape index (κ2) is 11.1. The van der Waals surface area contributed by atoms with E-state index in [4.69, 9.17) is 9.47 Å². The maximum absolute atomic E-state index is 12.5. The first-order chi connectivity index (χ1) is 13.6. The number of ether oxygens (including phenoxy) is 2. The summed E-state index contributed by atoms with van der Waals surface area (Å²) in [6.07, 6.45) is 2.31. The van der Waals surface area contributed by atoms with E-state index in [1.165, 1.54) is 7.11 Å². The van der Waals surface area contributed by atoms with Crippen molar-refractivity contribution in [3.8, 4) is 5.75 Å². The van der Waals surface area contributed by atoms with E-state index in [1.54, 1.807) is 66.4 Å². The summed E-state index contributed by atoms with van der Waals surface area (Å²) < 4.78 is 10.3. The van der Waals surface area contributed by atoms with E-state index in [1.807, 2.05) is 6.26 Å². The summed E-state index contributed by atoms with van der Waals surface area (Å²) in [6, 6.07) is 14.5. The van der Waals surface area contributed by atoms with Gasteiger partial charge in [0.05, 0.1) is 12.7 Å². The van der Waals surface area contributed by atoms with Gasteiger partial charge in [-0.25, -0.2) is 4.79 Å². The van der Waals surface area contributed by atoms with Gasteiger partial charge in [0, 0.05) is 5.56 Å². The Morgan fingerprint density at radius 3 is 2.39 bits per heavy atom. The average molecular weight is 401 g/mol. The molecule has 1 N–H and O–H groups in total. The Morgan fingerprint density at radius 2 is 1.71 bits per heavy atom. The van der Waals surface area contributed by atoms with Crippen LogP contribution in [0, 0.1) is 0 Å². The van der Waals surface area contributed by atoms with Gasteiger partial charge < -0.3 is 14.8 Å². The van der Waals surface area contributed by atoms with Crippen molar-refractivity contribution >= 4 is 29.4 Å². The standard InChI is InChI=1S/C21H23NO5S/c1-26-19-11-7-6-10-16(19)18(23)14-27-21(25)17(12-13-28-2)22-20(24)15-8-4-3-5-9-15/h3-11,17H,12-14H2,1-2H3,(H,22,24)/t17-/m0/s1. The third kappa shape index (κ3) is 6.13. The number of thioether (sulfide) groups is 1. The molecule has 0 aliphatic carbocycles. The molecule has 0 radical (unpaired) electrons. The molecule has 2 aromatic rings. The number of hydrogen-bond donors (Lipinski definition) is 1. The average Bonchev–Trinajstić information content (AvgIpc) is 2.75. The van der Waals surface area contributed by atoms with E-state index in [0.29, 0.717) is 29.1 Å². The minimum atomic E-state index is -0.828. The van der Waals surface area contributed by atoms with Gasteiger partial charge in [-0.2, -0.15) is 11.8 Å². The highest BCUT2D eigenvalue weighted by Crippen LogP contribution is 2.18. The van der Waals surface area contributed by atoms with Gasteiger partial charge in [0.2, 0.25) is 5.78 Å². The lowest BCUT2D eigenvalue weighted by Gasteiger charge is -2.17. The number of nitrogens with one attached hydrogen (secondary N) is 1. The van der Waals surface area contributed by atoms with Gasteiger partial charge in [-0.1, -0.05) is 30.3 Å². The number of hydrogen-bond acceptors (Lipinski definition) is 6. The highest BCUT2D eigenvalue weighted by molar-refractivity contribution is 7.98. The molecule has 0 saturated carbocycles. The van der Waals surface area contributed by atoms with Crippen molar-refractivity contribution < 1.29 is 23.9 Å². The van der Waals surface area contributed by atoms with Crippen molar-refractivity contribution in [2.75, 3.05) is 25.7 Å². The van der Waals surface area contributed by atoms with Crippen LogP contribution in [0.25, 0.3) is 0 Å². The molecule has 0 bridgehead atoms. The number of rotatable bonds is 10. The smallest absolute Gasteiger partial charge is 0.329 e. The lowest BCUT2D eigenvalue weighted by atomic mass is 10.1. The Labute approximate surface area is 168 Å². The van der Waals surface area contributed by atoms with E-state index in [-0.39, 0.29) is 11.7 Å². The molecule has 0 fully saturated rings. The first-order valence-corrected chi connectivity index (χ1v) is 10.1. The molecule has 1 amide bonds. The van der Waals surface area contributed by atoms with Crippen molar-refractivity contribution in [3.63, 3.8) is 0 Å². The molecule has 0 unspecified atom stereocenters. The van der Waals surface area contributed by atoms with Gasteiger partial charge in [-0.3, -0.25) is 9.59 Å². The molecule has 0 saturated heterocycles. The monoisotopic (exact) mass is 401 g/mol. The van der Waals surface area contributed by atoms with Crippen molar-refractivity contribution in [3.05, 3.63) is 65.7 Å². The third-order valence-electron chi connectivity index (χ3n) is 3.99. The van der Waals surface area contributed by atoms with Crippen LogP contribution in [0.15, 0.2) is 54.6 Å². The number of methoxy groups -OCH3 is 1. The van der Waals surface area contributed by atoms with Crippen LogP contribution in [-0.4, -0.2) is 49.4 Å². The number of esters is 1. The molecule has 6 nitrogen and oxygen atoms in total. The van der Waals surface area contributed by atoms with Crippen LogP contribution in [0.1, 0.15) is 27.1 Å². The number of carbonyl (C=O) groups is 3. The summed E-state index contributed by atoms with van der Waals surface area (Å²) in [5.74, 6) is -0.292. The Hall–Kier alpha value is -2.80. The Bertz CT molecular complexity index is 809. The molecular weight excluding hydrogens is 378 g/mol. The molecule has 0 aliphatic heterocycles. The Kier molecular flexibility index (Phi) is 8.55. The van der Waals surface area contributed by atoms with Gasteiger partial charge in [0.15, 0.2) is 6.61 Å². The summed E-state index contributed by atoms with van der Waals surface area (Å²) in [7, 11) is 1.47. The number of Topliss-reactive ketones (excluding diaryl/α,β-unsaturated/α-hetero) is 1. The molecule has 0 heterocycles. The van der Waals surface area contributed by atoms with Crippen molar-refractivity contribution in [1.82, 2.24) is 5.32 Å². The Morgan fingerprint density at radius 1 is 1.04 bits per heavy atom. The van der Waals surface area contributed by atoms with Gasteiger partial charge in [0.25, 0.3) is 5.91 Å². The molecule has 7 heteroatoms. The normalized spacial score (nSPS) is 11.4. The number of amides is 1. The van der Waals surface area contributed by atoms with Gasteiger partial charge in [0.1, 0.15) is 11.8 Å².